The minimum absolute atomic E-state index is 0. The Labute approximate surface area is 171 Å². The number of nitrogens with two attached hydrogens (primary N) is 1. The SMILES string of the molecule is CCOc1ccccc1C(CC(=O)Nc1ccc(OC)c(N)c1)NC(C)=O.Cl. The summed E-state index contributed by atoms with van der Waals surface area (Å²) >= 11 is 0. The molecule has 0 aromatic heterocycles. The second-order valence-corrected chi connectivity index (χ2v) is 5.93. The molecule has 8 heteroatoms. The predicted molar refractivity (Wildman–Crippen MR) is 112 cm³/mol. The summed E-state index contributed by atoms with van der Waals surface area (Å²) in [7, 11) is 1.53. The van der Waals surface area contributed by atoms with E-state index in [0.29, 0.717) is 29.5 Å². The molecule has 0 fully saturated rings. The van der Waals surface area contributed by atoms with Gasteiger partial charge in [-0.1, -0.05) is 18.2 Å². The van der Waals surface area contributed by atoms with Crippen LogP contribution in [0.1, 0.15) is 31.9 Å². The fraction of sp³-hybridized carbons (Fsp3) is 0.300. The highest BCUT2D eigenvalue weighted by Crippen LogP contribution is 2.29. The van der Waals surface area contributed by atoms with E-state index in [1.807, 2.05) is 31.2 Å². The van der Waals surface area contributed by atoms with Gasteiger partial charge in [-0.15, -0.1) is 12.4 Å². The smallest absolute Gasteiger partial charge is 0.226 e. The lowest BCUT2D eigenvalue weighted by Crippen LogP contribution is -2.30. The number of ether oxygens (including phenoxy) is 2. The Morgan fingerprint density at radius 2 is 1.86 bits per heavy atom. The van der Waals surface area contributed by atoms with Gasteiger partial charge in [0.05, 0.1) is 31.9 Å². The van der Waals surface area contributed by atoms with Gasteiger partial charge in [0.15, 0.2) is 0 Å². The number of carbonyl (C=O) groups excluding carboxylic acids is 2. The molecule has 0 saturated heterocycles. The molecular weight excluding hydrogens is 382 g/mol. The van der Waals surface area contributed by atoms with E-state index in [1.165, 1.54) is 14.0 Å². The number of anilines is 2. The van der Waals surface area contributed by atoms with Crippen molar-refractivity contribution in [3.8, 4) is 11.5 Å². The molecule has 1 unspecified atom stereocenters. The number of hydrogen-bond acceptors (Lipinski definition) is 5. The normalized spacial score (nSPS) is 11.0. The van der Waals surface area contributed by atoms with Crippen LogP contribution in [0.4, 0.5) is 11.4 Å². The number of rotatable bonds is 8. The summed E-state index contributed by atoms with van der Waals surface area (Å²) < 4.78 is 10.7. The van der Waals surface area contributed by atoms with Gasteiger partial charge in [0.2, 0.25) is 11.8 Å². The maximum Gasteiger partial charge on any atom is 0.226 e. The molecule has 2 amide bonds. The zero-order valence-corrected chi connectivity index (χ0v) is 17.0. The van der Waals surface area contributed by atoms with Crippen molar-refractivity contribution in [1.82, 2.24) is 5.32 Å². The number of methoxy groups -OCH3 is 1. The molecule has 28 heavy (non-hydrogen) atoms. The monoisotopic (exact) mass is 407 g/mol. The Morgan fingerprint density at radius 1 is 1.14 bits per heavy atom. The van der Waals surface area contributed by atoms with E-state index >= 15 is 0 Å². The highest BCUT2D eigenvalue weighted by molar-refractivity contribution is 5.92. The maximum atomic E-state index is 12.5. The van der Waals surface area contributed by atoms with Crippen LogP contribution in [-0.2, 0) is 9.59 Å². The Hall–Kier alpha value is -2.93. The number of amides is 2. The fourth-order valence-electron chi connectivity index (χ4n) is 2.75. The summed E-state index contributed by atoms with van der Waals surface area (Å²) in [5.74, 6) is 0.687. The van der Waals surface area contributed by atoms with Crippen LogP contribution >= 0.6 is 12.4 Å². The Morgan fingerprint density at radius 3 is 2.46 bits per heavy atom. The standard InChI is InChI=1S/C20H25N3O4.ClH/c1-4-27-18-8-6-5-7-15(18)17(22-13(2)24)12-20(25)23-14-9-10-19(26-3)16(21)11-14;/h5-11,17H,4,12,21H2,1-3H3,(H,22,24)(H,23,25);1H. The van der Waals surface area contributed by atoms with Crippen LogP contribution in [0.2, 0.25) is 0 Å². The number of benzene rings is 2. The lowest BCUT2D eigenvalue weighted by Gasteiger charge is -2.21. The van der Waals surface area contributed by atoms with Gasteiger partial charge in [0.25, 0.3) is 0 Å². The quantitative estimate of drug-likeness (QED) is 0.582. The van der Waals surface area contributed by atoms with Crippen LogP contribution in [0.3, 0.4) is 0 Å². The number of halogens is 1. The molecule has 0 aliphatic rings. The maximum absolute atomic E-state index is 12.5. The molecule has 152 valence electrons. The number of carbonyl (C=O) groups is 2. The first-order valence-corrected chi connectivity index (χ1v) is 8.66. The highest BCUT2D eigenvalue weighted by atomic mass is 35.5. The fourth-order valence-corrected chi connectivity index (χ4v) is 2.75. The number of hydrogen-bond donors (Lipinski definition) is 3. The minimum atomic E-state index is -0.513. The number of nitrogen functional groups attached to an aromatic ring is 1. The summed E-state index contributed by atoms with van der Waals surface area (Å²) in [5.41, 5.74) is 7.60. The first kappa shape index (κ1) is 23.1. The van der Waals surface area contributed by atoms with Gasteiger partial charge in [0.1, 0.15) is 11.5 Å². The van der Waals surface area contributed by atoms with E-state index in [1.54, 1.807) is 18.2 Å². The molecule has 0 saturated carbocycles. The molecule has 0 radical (unpaired) electrons. The van der Waals surface area contributed by atoms with Gasteiger partial charge in [-0.25, -0.2) is 0 Å². The van der Waals surface area contributed by atoms with Crippen LogP contribution < -0.4 is 25.8 Å². The van der Waals surface area contributed by atoms with E-state index in [2.05, 4.69) is 10.6 Å². The average molecular weight is 408 g/mol. The van der Waals surface area contributed by atoms with Crippen molar-refractivity contribution in [2.75, 3.05) is 24.8 Å². The molecule has 0 spiro atoms. The van der Waals surface area contributed by atoms with Gasteiger partial charge in [-0.05, 0) is 31.2 Å². The predicted octanol–water partition coefficient (Wildman–Crippen LogP) is 3.30. The van der Waals surface area contributed by atoms with Gasteiger partial charge in [0, 0.05) is 18.2 Å². The molecule has 2 aromatic carbocycles. The second kappa shape index (κ2) is 11.0. The summed E-state index contributed by atoms with van der Waals surface area (Å²) in [6.07, 6.45) is 0.0512. The van der Waals surface area contributed by atoms with Crippen molar-refractivity contribution in [1.29, 1.82) is 0 Å². The zero-order valence-electron chi connectivity index (χ0n) is 16.2. The van der Waals surface area contributed by atoms with E-state index < -0.39 is 6.04 Å². The highest BCUT2D eigenvalue weighted by Gasteiger charge is 2.21. The Kier molecular flexibility index (Phi) is 9.11. The third-order valence-corrected chi connectivity index (χ3v) is 3.87. The van der Waals surface area contributed by atoms with Crippen molar-refractivity contribution >= 4 is 35.6 Å². The molecule has 0 aliphatic heterocycles. The van der Waals surface area contributed by atoms with Crippen molar-refractivity contribution in [3.05, 3.63) is 48.0 Å². The second-order valence-electron chi connectivity index (χ2n) is 5.93. The number of para-hydroxylation sites is 1. The zero-order chi connectivity index (χ0) is 19.8. The van der Waals surface area contributed by atoms with Gasteiger partial charge < -0.3 is 25.8 Å². The minimum Gasteiger partial charge on any atom is -0.495 e. The van der Waals surface area contributed by atoms with E-state index in [4.69, 9.17) is 15.2 Å². The molecular formula is C20H26ClN3O4. The van der Waals surface area contributed by atoms with Crippen LogP contribution in [0.15, 0.2) is 42.5 Å². The Balaban J connectivity index is 0.00000392. The molecule has 0 bridgehead atoms. The topological polar surface area (TPSA) is 103 Å². The van der Waals surface area contributed by atoms with E-state index in [0.717, 1.165) is 5.56 Å². The first-order chi connectivity index (χ1) is 12.9. The molecule has 4 N–H and O–H groups in total. The van der Waals surface area contributed by atoms with Crippen molar-refractivity contribution in [2.45, 2.75) is 26.3 Å². The van der Waals surface area contributed by atoms with E-state index in [9.17, 15) is 9.59 Å². The first-order valence-electron chi connectivity index (χ1n) is 8.66. The molecule has 7 nitrogen and oxygen atoms in total. The third kappa shape index (κ3) is 6.35. The number of nitrogens with one attached hydrogen (secondary N) is 2. The van der Waals surface area contributed by atoms with Crippen LogP contribution in [0, 0.1) is 0 Å². The third-order valence-electron chi connectivity index (χ3n) is 3.87. The van der Waals surface area contributed by atoms with Crippen molar-refractivity contribution in [3.63, 3.8) is 0 Å². The lowest BCUT2D eigenvalue weighted by molar-refractivity contribution is -0.120. The van der Waals surface area contributed by atoms with Crippen molar-refractivity contribution < 1.29 is 19.1 Å². The van der Waals surface area contributed by atoms with Crippen molar-refractivity contribution in [2.24, 2.45) is 0 Å². The van der Waals surface area contributed by atoms with Gasteiger partial charge >= 0.3 is 0 Å². The summed E-state index contributed by atoms with van der Waals surface area (Å²) in [5, 5.41) is 5.61. The molecule has 2 rings (SSSR count). The summed E-state index contributed by atoms with van der Waals surface area (Å²) in [4.78, 5) is 24.2. The van der Waals surface area contributed by atoms with E-state index in [-0.39, 0.29) is 30.6 Å². The van der Waals surface area contributed by atoms with Crippen LogP contribution in [0.25, 0.3) is 0 Å². The van der Waals surface area contributed by atoms with Crippen LogP contribution in [0.5, 0.6) is 11.5 Å². The lowest BCUT2D eigenvalue weighted by atomic mass is 10.0. The summed E-state index contributed by atoms with van der Waals surface area (Å²) in [6, 6.07) is 11.8. The molecule has 0 aliphatic carbocycles. The van der Waals surface area contributed by atoms with Gasteiger partial charge in [-0.3, -0.25) is 9.59 Å². The molecule has 0 heterocycles. The molecule has 1 atom stereocenters. The summed E-state index contributed by atoms with van der Waals surface area (Å²) in [6.45, 7) is 3.78. The van der Waals surface area contributed by atoms with Gasteiger partial charge in [-0.2, -0.15) is 0 Å². The van der Waals surface area contributed by atoms with Crippen LogP contribution in [-0.4, -0.2) is 25.5 Å². The Bertz CT molecular complexity index is 814. The average Bonchev–Trinajstić information content (AvgIpc) is 2.61. The largest absolute Gasteiger partial charge is 0.495 e. The molecule has 2 aromatic rings.